The molecule has 0 aliphatic heterocycles. The molecule has 0 radical (unpaired) electrons. The van der Waals surface area contributed by atoms with E-state index in [1.807, 2.05) is 12.2 Å². The van der Waals surface area contributed by atoms with Crippen LogP contribution in [0.5, 0.6) is 0 Å². The first-order valence-corrected chi connectivity index (χ1v) is 3.63. The van der Waals surface area contributed by atoms with E-state index in [1.54, 1.807) is 6.92 Å². The van der Waals surface area contributed by atoms with Gasteiger partial charge in [-0.2, -0.15) is 0 Å². The third-order valence-corrected chi connectivity index (χ3v) is 0.999. The van der Waals surface area contributed by atoms with Gasteiger partial charge < -0.3 is 4.74 Å². The molecule has 0 spiro atoms. The average molecular weight is 159 g/mol. The zero-order valence-corrected chi connectivity index (χ0v) is 6.82. The highest BCUT2D eigenvalue weighted by atomic mass is 35.5. The van der Waals surface area contributed by atoms with Crippen molar-refractivity contribution in [2.45, 2.75) is 6.92 Å². The van der Waals surface area contributed by atoms with Crippen molar-refractivity contribution < 1.29 is 4.74 Å². The summed E-state index contributed by atoms with van der Waals surface area (Å²) in [7, 11) is 0. The molecule has 2 heteroatoms. The first kappa shape index (κ1) is 9.55. The van der Waals surface area contributed by atoms with Crippen molar-refractivity contribution in [3.8, 4) is 11.8 Å². The molecule has 0 aromatic rings. The zero-order valence-electron chi connectivity index (χ0n) is 6.06. The van der Waals surface area contributed by atoms with E-state index < -0.39 is 0 Å². The Labute approximate surface area is 67.0 Å². The lowest BCUT2D eigenvalue weighted by molar-refractivity contribution is 0.199. The molecule has 0 heterocycles. The molecule has 1 nitrogen and oxygen atoms in total. The third kappa shape index (κ3) is 7.55. The lowest BCUT2D eigenvalue weighted by Gasteiger charge is -1.90. The summed E-state index contributed by atoms with van der Waals surface area (Å²) < 4.78 is 5.06. The second-order valence-electron chi connectivity index (χ2n) is 1.57. The van der Waals surface area contributed by atoms with E-state index in [0.29, 0.717) is 19.1 Å². The number of hydrogen-bond donors (Lipinski definition) is 0. The molecule has 0 atom stereocenters. The zero-order chi connectivity index (χ0) is 7.66. The molecular weight excluding hydrogens is 148 g/mol. The van der Waals surface area contributed by atoms with Crippen LogP contribution < -0.4 is 0 Å². The molecule has 0 rings (SSSR count). The van der Waals surface area contributed by atoms with Gasteiger partial charge in [0.1, 0.15) is 6.61 Å². The Morgan fingerprint density at radius 3 is 2.90 bits per heavy atom. The second-order valence-corrected chi connectivity index (χ2v) is 1.88. The van der Waals surface area contributed by atoms with Crippen molar-refractivity contribution in [2.24, 2.45) is 0 Å². The maximum atomic E-state index is 5.37. The minimum Gasteiger partial charge on any atom is -0.365 e. The van der Waals surface area contributed by atoms with Gasteiger partial charge in [0.15, 0.2) is 0 Å². The van der Waals surface area contributed by atoms with E-state index >= 15 is 0 Å². The van der Waals surface area contributed by atoms with Crippen LogP contribution in [0.15, 0.2) is 12.2 Å². The normalized spacial score (nSPS) is 9.40. The predicted octanol–water partition coefficient (Wildman–Crippen LogP) is 1.82. The molecule has 10 heavy (non-hydrogen) atoms. The molecule has 0 aliphatic rings. The Morgan fingerprint density at radius 1 is 1.50 bits per heavy atom. The van der Waals surface area contributed by atoms with Gasteiger partial charge in [0, 0.05) is 5.88 Å². The van der Waals surface area contributed by atoms with E-state index in [2.05, 4.69) is 11.8 Å². The molecule has 0 bridgehead atoms. The highest BCUT2D eigenvalue weighted by Crippen LogP contribution is 1.79. The minimum atomic E-state index is 0.503. The molecule has 0 amide bonds. The van der Waals surface area contributed by atoms with Gasteiger partial charge in [-0.3, -0.25) is 0 Å². The fraction of sp³-hybridized carbons (Fsp3) is 0.500. The van der Waals surface area contributed by atoms with Crippen molar-refractivity contribution in [1.29, 1.82) is 0 Å². The van der Waals surface area contributed by atoms with Crippen LogP contribution in [-0.2, 0) is 4.74 Å². The maximum Gasteiger partial charge on any atom is 0.108 e. The summed E-state index contributed by atoms with van der Waals surface area (Å²) >= 11 is 5.37. The van der Waals surface area contributed by atoms with Gasteiger partial charge in [-0.1, -0.05) is 18.1 Å². The summed E-state index contributed by atoms with van der Waals surface area (Å²) in [6.45, 7) is 2.89. The van der Waals surface area contributed by atoms with Crippen molar-refractivity contribution in [3.63, 3.8) is 0 Å². The van der Waals surface area contributed by atoms with Crippen LogP contribution in [-0.4, -0.2) is 19.1 Å². The number of hydrogen-bond acceptors (Lipinski definition) is 1. The lowest BCUT2D eigenvalue weighted by atomic mass is 10.5. The number of halogens is 1. The monoisotopic (exact) mass is 158 g/mol. The van der Waals surface area contributed by atoms with Gasteiger partial charge in [0.2, 0.25) is 0 Å². The lowest BCUT2D eigenvalue weighted by Crippen LogP contribution is -1.90. The van der Waals surface area contributed by atoms with Gasteiger partial charge >= 0.3 is 0 Å². The number of ether oxygens (including phenoxy) is 1. The first-order chi connectivity index (χ1) is 4.91. The topological polar surface area (TPSA) is 9.23 Å². The Morgan fingerprint density at radius 2 is 2.30 bits per heavy atom. The minimum absolute atomic E-state index is 0.503. The van der Waals surface area contributed by atoms with Crippen LogP contribution in [0, 0.1) is 11.8 Å². The molecular formula is C8H11ClO. The van der Waals surface area contributed by atoms with Crippen LogP contribution in [0.3, 0.4) is 0 Å². The fourth-order valence-electron chi connectivity index (χ4n) is 0.381. The van der Waals surface area contributed by atoms with E-state index in [9.17, 15) is 0 Å². The number of allylic oxidation sites excluding steroid dienone is 1. The summed E-state index contributed by atoms with van der Waals surface area (Å²) in [6.07, 6.45) is 3.73. The molecule has 0 saturated carbocycles. The standard InChI is InChI=1S/C8H11ClO/c1-2-3-7-10-8-5-4-6-9/h4-5H,6-8H2,1H3/b5-4+. The summed E-state index contributed by atoms with van der Waals surface area (Å²) in [4.78, 5) is 0. The van der Waals surface area contributed by atoms with E-state index in [-0.39, 0.29) is 0 Å². The van der Waals surface area contributed by atoms with Gasteiger partial charge in [-0.25, -0.2) is 0 Å². The van der Waals surface area contributed by atoms with Crippen LogP contribution in [0.25, 0.3) is 0 Å². The fourth-order valence-corrected chi connectivity index (χ4v) is 0.507. The van der Waals surface area contributed by atoms with E-state index in [0.717, 1.165) is 0 Å². The number of alkyl halides is 1. The first-order valence-electron chi connectivity index (χ1n) is 3.10. The quantitative estimate of drug-likeness (QED) is 0.263. The Kier molecular flexibility index (Phi) is 8.17. The van der Waals surface area contributed by atoms with Crippen molar-refractivity contribution in [2.75, 3.05) is 19.1 Å². The van der Waals surface area contributed by atoms with Gasteiger partial charge in [-0.15, -0.1) is 17.5 Å². The summed E-state index contributed by atoms with van der Waals surface area (Å²) in [6, 6.07) is 0. The summed E-state index contributed by atoms with van der Waals surface area (Å²) in [5.74, 6) is 6.06. The molecule has 0 unspecified atom stereocenters. The van der Waals surface area contributed by atoms with Crippen molar-refractivity contribution >= 4 is 11.6 Å². The Bertz CT molecular complexity index is 141. The highest BCUT2D eigenvalue weighted by Gasteiger charge is 1.75. The molecule has 0 fully saturated rings. The predicted molar refractivity (Wildman–Crippen MR) is 44.1 cm³/mol. The van der Waals surface area contributed by atoms with Crippen LogP contribution in [0.4, 0.5) is 0 Å². The Hall–Kier alpha value is -0.450. The number of rotatable bonds is 4. The smallest absolute Gasteiger partial charge is 0.108 e. The van der Waals surface area contributed by atoms with Crippen LogP contribution in [0.1, 0.15) is 6.92 Å². The molecule has 56 valence electrons. The molecule has 0 N–H and O–H groups in total. The average Bonchev–Trinajstić information content (AvgIpc) is 1.97. The van der Waals surface area contributed by atoms with Crippen molar-refractivity contribution in [1.82, 2.24) is 0 Å². The summed E-state index contributed by atoms with van der Waals surface area (Å²) in [5.41, 5.74) is 0. The molecule has 0 aromatic heterocycles. The third-order valence-electron chi connectivity index (χ3n) is 0.821. The highest BCUT2D eigenvalue weighted by molar-refractivity contribution is 6.18. The van der Waals surface area contributed by atoms with Gasteiger partial charge in [0.25, 0.3) is 0 Å². The van der Waals surface area contributed by atoms with Gasteiger partial charge in [-0.05, 0) is 6.92 Å². The van der Waals surface area contributed by atoms with Crippen molar-refractivity contribution in [3.05, 3.63) is 12.2 Å². The molecule has 0 saturated heterocycles. The molecule has 0 aromatic carbocycles. The second kappa shape index (κ2) is 8.55. The maximum absolute atomic E-state index is 5.37. The molecule has 0 aliphatic carbocycles. The van der Waals surface area contributed by atoms with Crippen LogP contribution >= 0.6 is 11.6 Å². The van der Waals surface area contributed by atoms with E-state index in [1.165, 1.54) is 0 Å². The summed E-state index contributed by atoms with van der Waals surface area (Å²) in [5, 5.41) is 0. The van der Waals surface area contributed by atoms with Crippen LogP contribution in [0.2, 0.25) is 0 Å². The Balaban J connectivity index is 3.02. The SMILES string of the molecule is CC#CCOC/C=C/CCl. The van der Waals surface area contributed by atoms with Gasteiger partial charge in [0.05, 0.1) is 6.61 Å². The van der Waals surface area contributed by atoms with E-state index in [4.69, 9.17) is 16.3 Å². The largest absolute Gasteiger partial charge is 0.365 e.